The predicted molar refractivity (Wildman–Crippen MR) is 75.1 cm³/mol. The van der Waals surface area contributed by atoms with Crippen molar-refractivity contribution in [3.63, 3.8) is 0 Å². The van der Waals surface area contributed by atoms with Crippen molar-refractivity contribution in [1.29, 1.82) is 0 Å². The number of aliphatic hydroxyl groups is 1. The topological polar surface area (TPSA) is 33.1 Å². The summed E-state index contributed by atoms with van der Waals surface area (Å²) in [7, 11) is 0. The van der Waals surface area contributed by atoms with Crippen LogP contribution in [0.15, 0.2) is 52.4 Å². The van der Waals surface area contributed by atoms with Gasteiger partial charge in [-0.2, -0.15) is 0 Å². The smallest absolute Gasteiger partial charge is 0.0957 e. The molecule has 0 saturated heterocycles. The van der Waals surface area contributed by atoms with E-state index < -0.39 is 6.10 Å². The van der Waals surface area contributed by atoms with E-state index in [2.05, 4.69) is 4.98 Å². The summed E-state index contributed by atoms with van der Waals surface area (Å²) in [6, 6.07) is 11.5. The van der Waals surface area contributed by atoms with Gasteiger partial charge in [0.25, 0.3) is 0 Å². The van der Waals surface area contributed by atoms with Crippen LogP contribution in [0.25, 0.3) is 0 Å². The minimum Gasteiger partial charge on any atom is -0.387 e. The van der Waals surface area contributed by atoms with Crippen molar-refractivity contribution < 1.29 is 5.11 Å². The van der Waals surface area contributed by atoms with Gasteiger partial charge < -0.3 is 5.11 Å². The molecule has 18 heavy (non-hydrogen) atoms. The van der Waals surface area contributed by atoms with Crippen molar-refractivity contribution >= 4 is 23.4 Å². The second-order valence-corrected chi connectivity index (χ2v) is 5.40. The van der Waals surface area contributed by atoms with E-state index in [0.29, 0.717) is 12.1 Å². The highest BCUT2D eigenvalue weighted by molar-refractivity contribution is 7.99. The van der Waals surface area contributed by atoms with Crippen molar-refractivity contribution in [2.24, 2.45) is 0 Å². The van der Waals surface area contributed by atoms with Crippen molar-refractivity contribution in [2.45, 2.75) is 29.2 Å². The second kappa shape index (κ2) is 6.23. The quantitative estimate of drug-likeness (QED) is 0.904. The third kappa shape index (κ3) is 3.25. The molecule has 0 saturated carbocycles. The molecule has 0 aliphatic heterocycles. The lowest BCUT2D eigenvalue weighted by Crippen LogP contribution is -1.97. The minimum absolute atomic E-state index is 0.482. The zero-order chi connectivity index (χ0) is 13.0. The Hall–Kier alpha value is -1.03. The van der Waals surface area contributed by atoms with Gasteiger partial charge in [-0.3, -0.25) is 4.98 Å². The van der Waals surface area contributed by atoms with E-state index >= 15 is 0 Å². The van der Waals surface area contributed by atoms with Gasteiger partial charge >= 0.3 is 0 Å². The van der Waals surface area contributed by atoms with Gasteiger partial charge in [-0.1, -0.05) is 42.4 Å². The SMILES string of the molecule is CC[C@@H](O)c1ccc(Sc2ccccc2Cl)cn1. The molecule has 0 spiro atoms. The van der Waals surface area contributed by atoms with Crippen LogP contribution >= 0.6 is 23.4 Å². The molecule has 0 amide bonds. The summed E-state index contributed by atoms with van der Waals surface area (Å²) in [6.45, 7) is 1.93. The lowest BCUT2D eigenvalue weighted by molar-refractivity contribution is 0.169. The van der Waals surface area contributed by atoms with E-state index in [1.807, 2.05) is 43.3 Å². The highest BCUT2D eigenvalue weighted by Crippen LogP contribution is 2.32. The first-order chi connectivity index (χ1) is 8.70. The van der Waals surface area contributed by atoms with Crippen LogP contribution in [-0.2, 0) is 0 Å². The standard InChI is InChI=1S/C14H14ClNOS/c1-2-13(17)12-8-7-10(9-16-12)18-14-6-4-3-5-11(14)15/h3-9,13,17H,2H2,1H3/t13-/m1/s1. The molecule has 1 aromatic heterocycles. The molecule has 0 aliphatic rings. The lowest BCUT2D eigenvalue weighted by atomic mass is 10.2. The molecule has 0 fully saturated rings. The maximum Gasteiger partial charge on any atom is 0.0957 e. The Bertz CT molecular complexity index is 515. The molecule has 2 rings (SSSR count). The van der Waals surface area contributed by atoms with Gasteiger partial charge in [0.1, 0.15) is 0 Å². The highest BCUT2D eigenvalue weighted by atomic mass is 35.5. The fourth-order valence-corrected chi connectivity index (χ4v) is 2.57. The molecule has 0 unspecified atom stereocenters. The number of nitrogens with zero attached hydrogens (tertiary/aromatic N) is 1. The summed E-state index contributed by atoms with van der Waals surface area (Å²) < 4.78 is 0. The zero-order valence-electron chi connectivity index (χ0n) is 10.0. The first-order valence-electron chi connectivity index (χ1n) is 5.77. The fourth-order valence-electron chi connectivity index (χ4n) is 1.51. The molecule has 1 N–H and O–H groups in total. The van der Waals surface area contributed by atoms with Crippen LogP contribution in [0.5, 0.6) is 0 Å². The number of hydrogen-bond acceptors (Lipinski definition) is 3. The number of benzene rings is 1. The number of hydrogen-bond donors (Lipinski definition) is 1. The van der Waals surface area contributed by atoms with Crippen molar-refractivity contribution in [3.05, 3.63) is 53.3 Å². The van der Waals surface area contributed by atoms with E-state index in [4.69, 9.17) is 11.6 Å². The zero-order valence-corrected chi connectivity index (χ0v) is 11.6. The Morgan fingerprint density at radius 3 is 2.67 bits per heavy atom. The fraction of sp³-hybridized carbons (Fsp3) is 0.214. The average Bonchev–Trinajstić information content (AvgIpc) is 2.41. The summed E-state index contributed by atoms with van der Waals surface area (Å²) in [5.41, 5.74) is 0.709. The van der Waals surface area contributed by atoms with Crippen LogP contribution in [0.3, 0.4) is 0 Å². The average molecular weight is 280 g/mol. The summed E-state index contributed by atoms with van der Waals surface area (Å²) in [6.07, 6.45) is 1.95. The monoisotopic (exact) mass is 279 g/mol. The van der Waals surface area contributed by atoms with Gasteiger partial charge in [-0.05, 0) is 30.7 Å². The molecule has 1 aromatic carbocycles. The van der Waals surface area contributed by atoms with Gasteiger partial charge in [-0.25, -0.2) is 0 Å². The summed E-state index contributed by atoms with van der Waals surface area (Å²) >= 11 is 7.66. The van der Waals surface area contributed by atoms with E-state index in [-0.39, 0.29) is 0 Å². The van der Waals surface area contributed by atoms with Crippen LogP contribution < -0.4 is 0 Å². The summed E-state index contributed by atoms with van der Waals surface area (Å²) in [4.78, 5) is 6.28. The molecule has 4 heteroatoms. The van der Waals surface area contributed by atoms with E-state index in [1.165, 1.54) is 0 Å². The Morgan fingerprint density at radius 1 is 1.28 bits per heavy atom. The number of rotatable bonds is 4. The van der Waals surface area contributed by atoms with Gasteiger partial charge in [0.05, 0.1) is 16.8 Å². The van der Waals surface area contributed by atoms with Crippen LogP contribution in [0.1, 0.15) is 25.1 Å². The normalized spacial score (nSPS) is 12.4. The van der Waals surface area contributed by atoms with Gasteiger partial charge in [0.2, 0.25) is 0 Å². The number of pyridine rings is 1. The largest absolute Gasteiger partial charge is 0.387 e. The Kier molecular flexibility index (Phi) is 4.64. The third-order valence-corrected chi connectivity index (χ3v) is 4.05. The molecule has 94 valence electrons. The Morgan fingerprint density at radius 2 is 2.06 bits per heavy atom. The highest BCUT2D eigenvalue weighted by Gasteiger charge is 2.07. The number of aliphatic hydroxyl groups excluding tert-OH is 1. The molecule has 2 nitrogen and oxygen atoms in total. The van der Waals surface area contributed by atoms with E-state index in [9.17, 15) is 5.11 Å². The second-order valence-electron chi connectivity index (χ2n) is 3.88. The molecule has 0 radical (unpaired) electrons. The van der Waals surface area contributed by atoms with Crippen molar-refractivity contribution in [3.8, 4) is 0 Å². The van der Waals surface area contributed by atoms with E-state index in [1.54, 1.807) is 18.0 Å². The van der Waals surface area contributed by atoms with Crippen molar-refractivity contribution in [2.75, 3.05) is 0 Å². The maximum absolute atomic E-state index is 9.66. The van der Waals surface area contributed by atoms with Crippen LogP contribution in [0.4, 0.5) is 0 Å². The Labute approximate surface area is 116 Å². The lowest BCUT2D eigenvalue weighted by Gasteiger charge is -2.08. The molecule has 0 aliphatic carbocycles. The predicted octanol–water partition coefficient (Wildman–Crippen LogP) is 4.33. The van der Waals surface area contributed by atoms with E-state index in [0.717, 1.165) is 14.8 Å². The van der Waals surface area contributed by atoms with Crippen molar-refractivity contribution in [1.82, 2.24) is 4.98 Å². The Balaban J connectivity index is 2.14. The molecule has 0 bridgehead atoms. The molecule has 2 aromatic rings. The summed E-state index contributed by atoms with van der Waals surface area (Å²) in [5.74, 6) is 0. The van der Waals surface area contributed by atoms with Gasteiger partial charge in [-0.15, -0.1) is 0 Å². The minimum atomic E-state index is -0.482. The van der Waals surface area contributed by atoms with Gasteiger partial charge in [0, 0.05) is 16.0 Å². The van der Waals surface area contributed by atoms with Crippen LogP contribution in [0.2, 0.25) is 5.02 Å². The molecule has 1 atom stereocenters. The third-order valence-electron chi connectivity index (χ3n) is 2.55. The van der Waals surface area contributed by atoms with Crippen LogP contribution in [0, 0.1) is 0 Å². The number of aromatic nitrogens is 1. The molecular weight excluding hydrogens is 266 g/mol. The maximum atomic E-state index is 9.66. The van der Waals surface area contributed by atoms with Crippen LogP contribution in [-0.4, -0.2) is 10.1 Å². The molecular formula is C14H14ClNOS. The number of halogens is 1. The first kappa shape index (κ1) is 13.4. The summed E-state index contributed by atoms with van der Waals surface area (Å²) in [5, 5.41) is 10.4. The van der Waals surface area contributed by atoms with Gasteiger partial charge in [0.15, 0.2) is 0 Å². The first-order valence-corrected chi connectivity index (χ1v) is 6.96. The molecule has 1 heterocycles.